The molecule has 0 amide bonds. The predicted octanol–water partition coefficient (Wildman–Crippen LogP) is -1.61. The SMILES string of the molecule is C#CCOC(=O)C[N+](C)(C)CC=C(C)Cl.[I-]. The highest BCUT2D eigenvalue weighted by molar-refractivity contribution is 6.29. The van der Waals surface area contributed by atoms with Crippen LogP contribution in [0.4, 0.5) is 0 Å². The van der Waals surface area contributed by atoms with Crippen molar-refractivity contribution < 1.29 is 38.0 Å². The van der Waals surface area contributed by atoms with Crippen molar-refractivity contribution in [3.8, 4) is 12.3 Å². The summed E-state index contributed by atoms with van der Waals surface area (Å²) in [4.78, 5) is 11.3. The molecule has 0 aromatic carbocycles. The molecule has 0 aliphatic heterocycles. The third-order valence-electron chi connectivity index (χ3n) is 1.74. The second-order valence-corrected chi connectivity index (χ2v) is 4.53. The summed E-state index contributed by atoms with van der Waals surface area (Å²) < 4.78 is 5.28. The number of ether oxygens (including phenoxy) is 1. The first-order valence-electron chi connectivity index (χ1n) is 4.61. The van der Waals surface area contributed by atoms with E-state index in [2.05, 4.69) is 5.92 Å². The molecule has 5 heteroatoms. The molecule has 0 aliphatic rings. The number of carbonyl (C=O) groups is 1. The molecule has 0 unspecified atom stereocenters. The van der Waals surface area contributed by atoms with E-state index in [1.54, 1.807) is 6.92 Å². The summed E-state index contributed by atoms with van der Waals surface area (Å²) in [5.74, 6) is 1.96. The van der Waals surface area contributed by atoms with Gasteiger partial charge in [0.05, 0.1) is 20.6 Å². The molecule has 0 bridgehead atoms. The number of nitrogens with zero attached hydrogens (tertiary/aromatic N) is 1. The van der Waals surface area contributed by atoms with Gasteiger partial charge in [-0.2, -0.15) is 0 Å². The zero-order chi connectivity index (χ0) is 11.9. The fourth-order valence-corrected chi connectivity index (χ4v) is 1.02. The average molecular weight is 358 g/mol. The molecular formula is C11H17ClINO2. The maximum absolute atomic E-state index is 11.3. The van der Waals surface area contributed by atoms with Crippen LogP contribution >= 0.6 is 11.6 Å². The molecule has 0 heterocycles. The van der Waals surface area contributed by atoms with E-state index >= 15 is 0 Å². The number of halogens is 2. The number of allylic oxidation sites excluding steroid dienone is 1. The number of hydrogen-bond acceptors (Lipinski definition) is 2. The number of rotatable bonds is 5. The summed E-state index contributed by atoms with van der Waals surface area (Å²) in [6, 6.07) is 0. The molecule has 0 atom stereocenters. The van der Waals surface area contributed by atoms with Crippen LogP contribution in [0.15, 0.2) is 11.1 Å². The highest BCUT2D eigenvalue weighted by Crippen LogP contribution is 2.03. The summed E-state index contributed by atoms with van der Waals surface area (Å²) in [6.07, 6.45) is 6.85. The Morgan fingerprint density at radius 2 is 2.12 bits per heavy atom. The molecule has 0 rings (SSSR count). The van der Waals surface area contributed by atoms with Crippen LogP contribution in [0.5, 0.6) is 0 Å². The minimum Gasteiger partial charge on any atom is -1.00 e. The van der Waals surface area contributed by atoms with E-state index < -0.39 is 0 Å². The monoisotopic (exact) mass is 357 g/mol. The second kappa shape index (κ2) is 8.85. The summed E-state index contributed by atoms with van der Waals surface area (Å²) in [6.45, 7) is 2.80. The Hall–Kier alpha value is -0.250. The lowest BCUT2D eigenvalue weighted by Gasteiger charge is -2.26. The molecule has 0 N–H and O–H groups in total. The van der Waals surface area contributed by atoms with Crippen molar-refractivity contribution in [1.82, 2.24) is 0 Å². The van der Waals surface area contributed by atoms with Gasteiger partial charge in [-0.25, -0.2) is 4.79 Å². The third-order valence-corrected chi connectivity index (χ3v) is 1.89. The molecular weight excluding hydrogens is 340 g/mol. The van der Waals surface area contributed by atoms with Crippen LogP contribution in [0.25, 0.3) is 0 Å². The molecule has 92 valence electrons. The van der Waals surface area contributed by atoms with Crippen LogP contribution in [0, 0.1) is 12.3 Å². The van der Waals surface area contributed by atoms with Crippen LogP contribution in [-0.4, -0.2) is 44.2 Å². The Bertz CT molecular complexity index is 291. The first-order chi connectivity index (χ1) is 6.87. The summed E-state index contributed by atoms with van der Waals surface area (Å²) in [5, 5.41) is 0.721. The van der Waals surface area contributed by atoms with Crippen molar-refractivity contribution in [1.29, 1.82) is 0 Å². The summed E-state index contributed by atoms with van der Waals surface area (Å²) in [5.41, 5.74) is 0. The van der Waals surface area contributed by atoms with E-state index in [9.17, 15) is 4.79 Å². The van der Waals surface area contributed by atoms with E-state index in [0.29, 0.717) is 11.0 Å². The zero-order valence-corrected chi connectivity index (χ0v) is 12.7. The smallest absolute Gasteiger partial charge is 0.362 e. The number of hydrogen-bond donors (Lipinski definition) is 0. The fraction of sp³-hybridized carbons (Fsp3) is 0.545. The van der Waals surface area contributed by atoms with E-state index in [1.807, 2.05) is 20.2 Å². The van der Waals surface area contributed by atoms with Gasteiger partial charge in [0, 0.05) is 5.03 Å². The van der Waals surface area contributed by atoms with Crippen LogP contribution in [0.1, 0.15) is 6.92 Å². The fourth-order valence-electron chi connectivity index (χ4n) is 0.955. The van der Waals surface area contributed by atoms with Gasteiger partial charge in [-0.3, -0.25) is 0 Å². The molecule has 0 fully saturated rings. The molecule has 0 saturated carbocycles. The van der Waals surface area contributed by atoms with Gasteiger partial charge in [0.15, 0.2) is 13.2 Å². The summed E-state index contributed by atoms with van der Waals surface area (Å²) >= 11 is 5.71. The van der Waals surface area contributed by atoms with Crippen molar-refractivity contribution in [2.75, 3.05) is 33.8 Å². The van der Waals surface area contributed by atoms with E-state index in [-0.39, 0.29) is 43.1 Å². The molecule has 3 nitrogen and oxygen atoms in total. The maximum Gasteiger partial charge on any atom is 0.362 e. The lowest BCUT2D eigenvalue weighted by molar-refractivity contribution is -0.877. The van der Waals surface area contributed by atoms with Gasteiger partial charge >= 0.3 is 5.97 Å². The predicted molar refractivity (Wildman–Crippen MR) is 61.2 cm³/mol. The molecule has 16 heavy (non-hydrogen) atoms. The molecule has 0 aliphatic carbocycles. The molecule has 0 aromatic heterocycles. The van der Waals surface area contributed by atoms with Gasteiger partial charge in [-0.15, -0.1) is 6.42 Å². The maximum atomic E-state index is 11.3. The average Bonchev–Trinajstić information content (AvgIpc) is 2.11. The van der Waals surface area contributed by atoms with E-state index in [4.69, 9.17) is 22.8 Å². The van der Waals surface area contributed by atoms with Gasteiger partial charge in [-0.05, 0) is 13.0 Å². The van der Waals surface area contributed by atoms with Crippen molar-refractivity contribution >= 4 is 17.6 Å². The topological polar surface area (TPSA) is 26.3 Å². The molecule has 0 saturated heterocycles. The van der Waals surface area contributed by atoms with E-state index in [0.717, 1.165) is 5.03 Å². The number of terminal acetylenes is 1. The Kier molecular flexibility index (Phi) is 10.0. The van der Waals surface area contributed by atoms with Gasteiger partial charge in [-0.1, -0.05) is 17.5 Å². The van der Waals surface area contributed by atoms with Crippen molar-refractivity contribution in [2.24, 2.45) is 0 Å². The van der Waals surface area contributed by atoms with Gasteiger partial charge in [0.25, 0.3) is 0 Å². The van der Waals surface area contributed by atoms with Crippen molar-refractivity contribution in [3.05, 3.63) is 11.1 Å². The minimum atomic E-state index is -0.293. The number of esters is 1. The molecule has 0 aromatic rings. The molecule has 0 spiro atoms. The quantitative estimate of drug-likeness (QED) is 0.256. The number of carbonyl (C=O) groups excluding carboxylic acids is 1. The highest BCUT2D eigenvalue weighted by atomic mass is 127. The highest BCUT2D eigenvalue weighted by Gasteiger charge is 2.19. The van der Waals surface area contributed by atoms with Crippen LogP contribution in [0.3, 0.4) is 0 Å². The third kappa shape index (κ3) is 10.3. The Balaban J connectivity index is 0. The standard InChI is InChI=1S/C11H17ClNO2.HI/c1-5-8-15-11(14)9-13(3,4)7-6-10(2)12;/h1,6H,7-9H2,2-4H3;1H/q+1;/p-1. The lowest BCUT2D eigenvalue weighted by Crippen LogP contribution is -3.00. The van der Waals surface area contributed by atoms with Crippen molar-refractivity contribution in [2.45, 2.75) is 6.92 Å². The Morgan fingerprint density at radius 3 is 2.56 bits per heavy atom. The summed E-state index contributed by atoms with van der Waals surface area (Å²) in [7, 11) is 3.85. The van der Waals surface area contributed by atoms with Crippen molar-refractivity contribution in [3.63, 3.8) is 0 Å². The zero-order valence-electron chi connectivity index (χ0n) is 9.80. The Labute approximate surface area is 119 Å². The van der Waals surface area contributed by atoms with Gasteiger partial charge < -0.3 is 33.2 Å². The van der Waals surface area contributed by atoms with E-state index in [1.165, 1.54) is 0 Å². The first kappa shape index (κ1) is 18.1. The Morgan fingerprint density at radius 1 is 1.56 bits per heavy atom. The van der Waals surface area contributed by atoms with Crippen LogP contribution < -0.4 is 24.0 Å². The first-order valence-corrected chi connectivity index (χ1v) is 4.98. The van der Waals surface area contributed by atoms with Gasteiger partial charge in [0.2, 0.25) is 0 Å². The second-order valence-electron chi connectivity index (χ2n) is 3.93. The largest absolute Gasteiger partial charge is 1.00 e. The van der Waals surface area contributed by atoms with Gasteiger partial charge in [0.1, 0.15) is 0 Å². The normalized spacial score (nSPS) is 11.3. The van der Waals surface area contributed by atoms with Crippen LogP contribution in [-0.2, 0) is 9.53 Å². The lowest BCUT2D eigenvalue weighted by atomic mass is 10.4. The number of quaternary nitrogens is 1. The van der Waals surface area contributed by atoms with Crippen LogP contribution in [0.2, 0.25) is 0 Å². The number of likely N-dealkylation sites (N-methyl/N-ethyl adjacent to an activating group) is 1. The molecule has 0 radical (unpaired) electrons. The minimum absolute atomic E-state index is 0.